The molecule has 0 radical (unpaired) electrons. The molecule has 5 rings (SSSR count). The first kappa shape index (κ1) is 54.3. The summed E-state index contributed by atoms with van der Waals surface area (Å²) in [5, 5.41) is 0. The maximum absolute atomic E-state index is 6.84. The van der Waals surface area contributed by atoms with Crippen LogP contribution in [0.3, 0.4) is 0 Å². The van der Waals surface area contributed by atoms with Gasteiger partial charge < -0.3 is 0 Å². The van der Waals surface area contributed by atoms with E-state index >= 15 is 0 Å². The summed E-state index contributed by atoms with van der Waals surface area (Å²) in [6, 6.07) is 24.4. The number of terminal acetylenes is 2. The first-order chi connectivity index (χ1) is 32.8. The van der Waals surface area contributed by atoms with Gasteiger partial charge in [0.25, 0.3) is 0 Å². The average Bonchev–Trinajstić information content (AvgIpc) is 3.29. The molecule has 0 atom stereocenters. The molecule has 0 fully saturated rings. The molecule has 5 aromatic rings. The summed E-state index contributed by atoms with van der Waals surface area (Å²) < 4.78 is 0. The zero-order valence-corrected chi connectivity index (χ0v) is 45.2. The van der Waals surface area contributed by atoms with Crippen molar-refractivity contribution in [2.75, 3.05) is 0 Å². The Bertz CT molecular complexity index is 2130. The number of benzene rings is 5. The van der Waals surface area contributed by atoms with Crippen LogP contribution in [0.15, 0.2) is 60.7 Å². The molecule has 0 N–H and O–H groups in total. The van der Waals surface area contributed by atoms with Crippen molar-refractivity contribution >= 4 is 46.2 Å². The molecular formula is C66H88B2. The minimum atomic E-state index is -0.0742. The lowest BCUT2D eigenvalue weighted by atomic mass is 9.31. The van der Waals surface area contributed by atoms with Crippen LogP contribution < -0.4 is 32.8 Å². The minimum Gasteiger partial charge on any atom is -0.115 e. The van der Waals surface area contributed by atoms with Crippen molar-refractivity contribution in [3.8, 4) is 24.7 Å². The van der Waals surface area contributed by atoms with Gasteiger partial charge in [0.15, 0.2) is 0 Å². The molecule has 2 heteroatoms. The Morgan fingerprint density at radius 3 is 0.691 bits per heavy atom. The lowest BCUT2D eigenvalue weighted by Gasteiger charge is -2.29. The Kier molecular flexibility index (Phi) is 21.5. The van der Waals surface area contributed by atoms with Crippen LogP contribution in [0, 0.1) is 80.1 Å². The Morgan fingerprint density at radius 1 is 0.309 bits per heavy atom. The number of hydrogen-bond donors (Lipinski definition) is 0. The number of rotatable bonds is 26. The van der Waals surface area contributed by atoms with Crippen LogP contribution in [0.25, 0.3) is 0 Å². The first-order valence-electron chi connectivity index (χ1n) is 27.3. The Balaban J connectivity index is 1.79. The van der Waals surface area contributed by atoms with Crippen LogP contribution in [0.1, 0.15) is 208 Å². The molecule has 68 heavy (non-hydrogen) atoms. The largest absolute Gasteiger partial charge is 0.244 e. The summed E-state index contributed by atoms with van der Waals surface area (Å²) in [6.07, 6.45) is 38.3. The van der Waals surface area contributed by atoms with Gasteiger partial charge >= 0.3 is 0 Å². The van der Waals surface area contributed by atoms with E-state index in [0.29, 0.717) is 0 Å². The smallest absolute Gasteiger partial charge is 0.115 e. The van der Waals surface area contributed by atoms with Gasteiger partial charge in [-0.25, -0.2) is 0 Å². The van der Waals surface area contributed by atoms with E-state index in [0.717, 1.165) is 47.7 Å². The highest BCUT2D eigenvalue weighted by Crippen LogP contribution is 2.21. The van der Waals surface area contributed by atoms with E-state index in [4.69, 9.17) is 12.8 Å². The van der Waals surface area contributed by atoms with Crippen LogP contribution in [-0.4, -0.2) is 13.4 Å². The molecule has 0 saturated carbocycles. The molecule has 0 heterocycles. The molecular weight excluding hydrogens is 814 g/mol. The Labute approximate surface area is 418 Å². The van der Waals surface area contributed by atoms with Crippen LogP contribution in [0.2, 0.25) is 0 Å². The predicted octanol–water partition coefficient (Wildman–Crippen LogP) is 13.6. The Hall–Kier alpha value is -4.65. The van der Waals surface area contributed by atoms with Crippen molar-refractivity contribution < 1.29 is 0 Å². The third-order valence-corrected chi connectivity index (χ3v) is 15.2. The highest BCUT2D eigenvalue weighted by molar-refractivity contribution is 6.98. The van der Waals surface area contributed by atoms with Crippen molar-refractivity contribution in [1.29, 1.82) is 0 Å². The molecule has 0 saturated heterocycles. The van der Waals surface area contributed by atoms with Gasteiger partial charge in [0.05, 0.1) is 0 Å². The standard InChI is InChI=1S/C66H88B2/c1-15-21-25-29-33-55-37-47(7)63(48(8)38-55)67(64-49(9)39-56(40-50(64)10)34-30-26-22-16-2)61-45-60(20-6)62(46-59(61)19-5)68(65-51(11)41-57(42-52(65)12)35-31-27-23-17-3)66-53(13)43-58(44-54(66)14)36-32-28-24-18-4/h5-6,37-46H,15-18,21-36H2,1-4,7-14H3. The van der Waals surface area contributed by atoms with Gasteiger partial charge in [-0.3, -0.25) is 0 Å². The van der Waals surface area contributed by atoms with E-state index in [9.17, 15) is 0 Å². The number of hydrogen-bond acceptors (Lipinski definition) is 0. The highest BCUT2D eigenvalue weighted by Gasteiger charge is 2.35. The summed E-state index contributed by atoms with van der Waals surface area (Å²) in [7, 11) is 0. The molecule has 0 aliphatic heterocycles. The third-order valence-electron chi connectivity index (χ3n) is 15.2. The molecule has 0 aliphatic carbocycles. The first-order valence-corrected chi connectivity index (χ1v) is 27.3. The van der Waals surface area contributed by atoms with Crippen LogP contribution in [0.4, 0.5) is 0 Å². The zero-order chi connectivity index (χ0) is 49.3. The van der Waals surface area contributed by atoms with Crippen molar-refractivity contribution in [3.63, 3.8) is 0 Å². The SMILES string of the molecule is C#Cc1cc(B(c2c(C)cc(CCCCCC)cc2C)c2c(C)cc(CCCCCC)cc2C)c(C#C)cc1B(c1c(C)cc(CCCCCC)cc1C)c1c(C)cc(CCCCCC)cc1C. The van der Waals surface area contributed by atoms with Crippen molar-refractivity contribution in [1.82, 2.24) is 0 Å². The monoisotopic (exact) mass is 903 g/mol. The van der Waals surface area contributed by atoms with Gasteiger partial charge in [0, 0.05) is 11.1 Å². The molecule has 5 aromatic carbocycles. The second-order valence-electron chi connectivity index (χ2n) is 21.0. The average molecular weight is 903 g/mol. The topological polar surface area (TPSA) is 0 Å². The quantitative estimate of drug-likeness (QED) is 0.0295. The van der Waals surface area contributed by atoms with Gasteiger partial charge in [-0.15, -0.1) is 12.8 Å². The molecule has 358 valence electrons. The molecule has 0 bridgehead atoms. The lowest BCUT2D eigenvalue weighted by molar-refractivity contribution is 0.666. The fourth-order valence-electron chi connectivity index (χ4n) is 12.0. The van der Waals surface area contributed by atoms with Gasteiger partial charge in [0.1, 0.15) is 0 Å². The Morgan fingerprint density at radius 2 is 0.515 bits per heavy atom. The van der Waals surface area contributed by atoms with Crippen LogP contribution >= 0.6 is 0 Å². The minimum absolute atomic E-state index is 0.0742. The zero-order valence-electron chi connectivity index (χ0n) is 45.2. The van der Waals surface area contributed by atoms with E-state index in [2.05, 4.69) is 156 Å². The predicted molar refractivity (Wildman–Crippen MR) is 307 cm³/mol. The summed E-state index contributed by atoms with van der Waals surface area (Å²) in [4.78, 5) is 0. The van der Waals surface area contributed by atoms with E-state index in [1.165, 1.54) is 191 Å². The summed E-state index contributed by atoms with van der Waals surface area (Å²) in [5.74, 6) is 6.64. The fourth-order valence-corrected chi connectivity index (χ4v) is 12.0. The maximum atomic E-state index is 6.84. The summed E-state index contributed by atoms with van der Waals surface area (Å²) in [5.41, 5.74) is 26.0. The van der Waals surface area contributed by atoms with E-state index in [-0.39, 0.29) is 13.4 Å². The summed E-state index contributed by atoms with van der Waals surface area (Å²) in [6.45, 7) is 27.7. The molecule has 0 amide bonds. The maximum Gasteiger partial charge on any atom is 0.244 e. The lowest BCUT2D eigenvalue weighted by Crippen LogP contribution is -2.59. The molecule has 0 aromatic heterocycles. The van der Waals surface area contributed by atoms with Gasteiger partial charge in [-0.05, 0) is 129 Å². The second kappa shape index (κ2) is 26.9. The molecule has 0 spiro atoms. The van der Waals surface area contributed by atoms with Crippen LogP contribution in [-0.2, 0) is 25.7 Å². The molecule has 0 unspecified atom stereocenters. The molecule has 0 aliphatic rings. The number of unbranched alkanes of at least 4 members (excludes halogenated alkanes) is 12. The van der Waals surface area contributed by atoms with E-state index in [1.807, 2.05) is 0 Å². The van der Waals surface area contributed by atoms with Crippen LogP contribution in [0.5, 0.6) is 0 Å². The molecule has 0 nitrogen and oxygen atoms in total. The van der Waals surface area contributed by atoms with Gasteiger partial charge in [-0.1, -0.05) is 255 Å². The third kappa shape index (κ3) is 13.8. The normalized spacial score (nSPS) is 11.2. The highest BCUT2D eigenvalue weighted by atomic mass is 14.2. The van der Waals surface area contributed by atoms with Crippen molar-refractivity contribution in [2.45, 2.75) is 212 Å². The van der Waals surface area contributed by atoms with Gasteiger partial charge in [-0.2, -0.15) is 0 Å². The summed E-state index contributed by atoms with van der Waals surface area (Å²) >= 11 is 0. The van der Waals surface area contributed by atoms with Crippen molar-refractivity contribution in [3.05, 3.63) is 139 Å². The fraction of sp³-hybridized carbons (Fsp3) is 0.485. The van der Waals surface area contributed by atoms with E-state index < -0.39 is 0 Å². The number of aryl methyl sites for hydroxylation is 12. The second-order valence-corrected chi connectivity index (χ2v) is 21.0. The van der Waals surface area contributed by atoms with Crippen molar-refractivity contribution in [2.24, 2.45) is 0 Å². The van der Waals surface area contributed by atoms with E-state index in [1.54, 1.807) is 0 Å². The van der Waals surface area contributed by atoms with Gasteiger partial charge in [0.2, 0.25) is 13.4 Å².